The van der Waals surface area contributed by atoms with Gasteiger partial charge in [0.05, 0.1) is 42.3 Å². The molecule has 5 atom stereocenters. The largest absolute Gasteiger partial charge is 0.466 e. The molecule has 2 heterocycles. The minimum absolute atomic E-state index is 0.0205. The zero-order valence-corrected chi connectivity index (χ0v) is 19.9. The first-order valence-corrected chi connectivity index (χ1v) is 11.0. The first-order valence-electron chi connectivity index (χ1n) is 11.0. The van der Waals surface area contributed by atoms with E-state index in [0.717, 1.165) is 7.11 Å². The van der Waals surface area contributed by atoms with Crippen LogP contribution in [0.4, 0.5) is 5.69 Å². The fourth-order valence-corrected chi connectivity index (χ4v) is 4.23. The van der Waals surface area contributed by atoms with Gasteiger partial charge in [-0.25, -0.2) is 9.59 Å². The van der Waals surface area contributed by atoms with Gasteiger partial charge in [-0.2, -0.15) is 0 Å². The fraction of sp³-hybridized carbons (Fsp3) is 0.478. The number of nitrogens with one attached hydrogen (secondary N) is 1. The van der Waals surface area contributed by atoms with Crippen LogP contribution in [0.25, 0.3) is 0 Å². The highest BCUT2D eigenvalue weighted by atomic mass is 16.7. The summed E-state index contributed by atoms with van der Waals surface area (Å²) in [7, 11) is 1.16. The van der Waals surface area contributed by atoms with Crippen molar-refractivity contribution in [2.45, 2.75) is 44.4 Å². The van der Waals surface area contributed by atoms with E-state index in [1.165, 1.54) is 18.2 Å². The van der Waals surface area contributed by atoms with Crippen LogP contribution >= 0.6 is 0 Å². The van der Waals surface area contributed by atoms with Crippen LogP contribution in [0.2, 0.25) is 0 Å². The smallest absolute Gasteiger partial charge is 0.336 e. The van der Waals surface area contributed by atoms with Gasteiger partial charge in [0.25, 0.3) is 5.69 Å². The number of hydrogen-bond donors (Lipinski definition) is 4. The molecule has 1 fully saturated rings. The fourth-order valence-electron chi connectivity index (χ4n) is 4.23. The number of carbonyl (C=O) groups excluding carboxylic acids is 2. The second kappa shape index (κ2) is 11.6. The van der Waals surface area contributed by atoms with Gasteiger partial charge >= 0.3 is 11.9 Å². The van der Waals surface area contributed by atoms with Gasteiger partial charge in [0.2, 0.25) is 0 Å². The van der Waals surface area contributed by atoms with E-state index in [0.29, 0.717) is 11.4 Å². The lowest BCUT2D eigenvalue weighted by Crippen LogP contribution is -2.35. The second-order valence-corrected chi connectivity index (χ2v) is 8.16. The quantitative estimate of drug-likeness (QED) is 0.152. The summed E-state index contributed by atoms with van der Waals surface area (Å²) in [5, 5.41) is 43.5. The van der Waals surface area contributed by atoms with Crippen molar-refractivity contribution in [3.63, 3.8) is 0 Å². The van der Waals surface area contributed by atoms with Crippen LogP contribution in [-0.4, -0.2) is 83.7 Å². The summed E-state index contributed by atoms with van der Waals surface area (Å²) in [6, 6.07) is 5.76. The van der Waals surface area contributed by atoms with Crippen LogP contribution in [0.5, 0.6) is 0 Å². The maximum absolute atomic E-state index is 13.2. The number of hydrogen-bond acceptors (Lipinski definition) is 12. The minimum Gasteiger partial charge on any atom is -0.466 e. The number of ether oxygens (including phenoxy) is 4. The summed E-state index contributed by atoms with van der Waals surface area (Å²) in [4.78, 5) is 37.0. The van der Waals surface area contributed by atoms with Gasteiger partial charge in [0, 0.05) is 23.0 Å². The number of carbonyl (C=O) groups is 2. The third-order valence-corrected chi connectivity index (χ3v) is 5.93. The molecular weight excluding hydrogens is 480 g/mol. The third-order valence-electron chi connectivity index (χ3n) is 5.93. The van der Waals surface area contributed by atoms with Gasteiger partial charge in [0.15, 0.2) is 6.29 Å². The Balaban J connectivity index is 1.82. The van der Waals surface area contributed by atoms with Crippen molar-refractivity contribution in [2.75, 3.05) is 26.9 Å². The van der Waals surface area contributed by atoms with E-state index >= 15 is 0 Å². The molecule has 2 aliphatic heterocycles. The normalized spacial score (nSPS) is 26.0. The minimum atomic E-state index is -1.40. The van der Waals surface area contributed by atoms with E-state index in [4.69, 9.17) is 24.1 Å². The Bertz CT molecular complexity index is 1080. The van der Waals surface area contributed by atoms with Crippen LogP contribution in [-0.2, 0) is 28.5 Å². The van der Waals surface area contributed by atoms with E-state index in [1.807, 2.05) is 0 Å². The molecule has 2 aliphatic rings. The van der Waals surface area contributed by atoms with Gasteiger partial charge < -0.3 is 39.6 Å². The molecule has 0 radical (unpaired) electrons. The van der Waals surface area contributed by atoms with Gasteiger partial charge in [0.1, 0.15) is 24.9 Å². The molecule has 196 valence electrons. The summed E-state index contributed by atoms with van der Waals surface area (Å²) in [5.74, 6) is -2.77. The van der Waals surface area contributed by atoms with Gasteiger partial charge in [-0.15, -0.1) is 0 Å². The molecule has 3 rings (SSSR count). The molecule has 13 heteroatoms. The number of dihydropyridines is 1. The van der Waals surface area contributed by atoms with Gasteiger partial charge in [-0.1, -0.05) is 18.2 Å². The van der Waals surface area contributed by atoms with E-state index in [2.05, 4.69) is 5.32 Å². The van der Waals surface area contributed by atoms with Crippen LogP contribution in [0, 0.1) is 10.1 Å². The molecule has 0 saturated carbocycles. The van der Waals surface area contributed by atoms with Crippen molar-refractivity contribution in [3.05, 3.63) is 62.5 Å². The summed E-state index contributed by atoms with van der Waals surface area (Å²) in [6.45, 7) is 2.12. The number of rotatable bonds is 9. The molecule has 0 aromatic heterocycles. The molecule has 36 heavy (non-hydrogen) atoms. The lowest BCUT2D eigenvalue weighted by Gasteiger charge is -2.30. The summed E-state index contributed by atoms with van der Waals surface area (Å²) in [6.07, 6.45) is -4.98. The number of aliphatic hydroxyl groups is 3. The van der Waals surface area contributed by atoms with Crippen molar-refractivity contribution in [3.8, 4) is 0 Å². The summed E-state index contributed by atoms with van der Waals surface area (Å²) >= 11 is 0. The first-order chi connectivity index (χ1) is 17.1. The van der Waals surface area contributed by atoms with E-state index in [1.54, 1.807) is 19.9 Å². The van der Waals surface area contributed by atoms with Crippen molar-refractivity contribution in [1.29, 1.82) is 0 Å². The predicted molar refractivity (Wildman–Crippen MR) is 121 cm³/mol. The maximum Gasteiger partial charge on any atom is 0.336 e. The van der Waals surface area contributed by atoms with Crippen LogP contribution in [0.3, 0.4) is 0 Å². The monoisotopic (exact) mass is 508 g/mol. The third kappa shape index (κ3) is 5.39. The molecule has 1 saturated heterocycles. The van der Waals surface area contributed by atoms with Crippen LogP contribution < -0.4 is 5.32 Å². The van der Waals surface area contributed by atoms with E-state index < -0.39 is 54.0 Å². The Morgan fingerprint density at radius 2 is 1.72 bits per heavy atom. The summed E-state index contributed by atoms with van der Waals surface area (Å²) in [5.41, 5.74) is 0.516. The molecule has 0 spiro atoms. The molecule has 1 aromatic rings. The first kappa shape index (κ1) is 27.2. The molecule has 1 aromatic carbocycles. The number of allylic oxidation sites excluding steroid dienone is 2. The average molecular weight is 508 g/mol. The lowest BCUT2D eigenvalue weighted by atomic mass is 9.79. The van der Waals surface area contributed by atoms with Crippen molar-refractivity contribution in [2.24, 2.45) is 0 Å². The Morgan fingerprint density at radius 1 is 1.08 bits per heavy atom. The molecular formula is C23H28N2O11. The topological polar surface area (TPSA) is 187 Å². The second-order valence-electron chi connectivity index (χ2n) is 8.16. The zero-order chi connectivity index (χ0) is 26.6. The number of nitrogens with zero attached hydrogens (tertiary/aromatic N) is 1. The Hall–Kier alpha value is -3.36. The lowest BCUT2D eigenvalue weighted by molar-refractivity contribution is -0.385. The number of aliphatic hydroxyl groups excluding tert-OH is 3. The maximum atomic E-state index is 13.2. The molecule has 13 nitrogen and oxygen atoms in total. The van der Waals surface area contributed by atoms with Gasteiger partial charge in [-0.05, 0) is 13.8 Å². The number of esters is 2. The highest BCUT2D eigenvalue weighted by Crippen LogP contribution is 2.42. The highest BCUT2D eigenvalue weighted by Gasteiger charge is 2.43. The Labute approximate surface area is 206 Å². The van der Waals surface area contributed by atoms with Crippen LogP contribution in [0.1, 0.15) is 25.3 Å². The van der Waals surface area contributed by atoms with Gasteiger partial charge in [-0.3, -0.25) is 10.1 Å². The number of benzene rings is 1. The number of nitro groups is 1. The molecule has 1 unspecified atom stereocenters. The molecule has 0 bridgehead atoms. The van der Waals surface area contributed by atoms with Crippen molar-refractivity contribution < 1.29 is 48.8 Å². The van der Waals surface area contributed by atoms with E-state index in [9.17, 15) is 29.9 Å². The summed E-state index contributed by atoms with van der Waals surface area (Å²) < 4.78 is 20.7. The SMILES string of the molecule is COC(=O)C1=C(C)NC(C)=C(C(=O)OCCO[C@@H]2O[C@H](CO)[C@@H](O)[C@H]2O)C1c1ccccc1[N+](=O)[O-]. The van der Waals surface area contributed by atoms with Crippen molar-refractivity contribution in [1.82, 2.24) is 5.32 Å². The van der Waals surface area contributed by atoms with Crippen LogP contribution in [0.15, 0.2) is 46.8 Å². The number of methoxy groups -OCH3 is 1. The van der Waals surface area contributed by atoms with Crippen molar-refractivity contribution >= 4 is 17.6 Å². The predicted octanol–water partition coefficient (Wildman–Crippen LogP) is 0.00140. The molecule has 4 N–H and O–H groups in total. The Morgan fingerprint density at radius 3 is 2.31 bits per heavy atom. The molecule has 0 amide bonds. The van der Waals surface area contributed by atoms with E-state index in [-0.39, 0.29) is 35.6 Å². The zero-order valence-electron chi connectivity index (χ0n) is 19.9. The number of para-hydroxylation sites is 1. The number of nitro benzene ring substituents is 1. The Kier molecular flexibility index (Phi) is 8.76. The standard InChI is InChI=1S/C23H28N2O11/c1-11-16(21(29)33-3)18(13-6-4-5-7-14(13)25(31)32)17(12(2)24-11)22(30)34-8-9-35-23-20(28)19(27)15(10-26)36-23/h4-7,15,18-20,23-24,26-28H,8-10H2,1-3H3/t15-,18?,19-,20-,23-/m1/s1. The molecule has 0 aliphatic carbocycles. The average Bonchev–Trinajstić information content (AvgIpc) is 3.13. The highest BCUT2D eigenvalue weighted by molar-refractivity contribution is 6.00.